The summed E-state index contributed by atoms with van der Waals surface area (Å²) in [6.07, 6.45) is 3.70. The quantitative estimate of drug-likeness (QED) is 0.829. The highest BCUT2D eigenvalue weighted by molar-refractivity contribution is 7.80. The molecule has 1 aromatic heterocycles. The second-order valence-electron chi connectivity index (χ2n) is 6.09. The third-order valence-corrected chi connectivity index (χ3v) is 4.84. The van der Waals surface area contributed by atoms with Gasteiger partial charge in [-0.25, -0.2) is 0 Å². The van der Waals surface area contributed by atoms with Gasteiger partial charge in [-0.2, -0.15) is 0 Å². The standard InChI is InChI=1S/C19H24N4OS/c1-24-18-5-3-2-4-17(18)14-21-19(25)23-12-10-22(11-13-23)15-16-6-8-20-9-7-16/h2-9H,10-15H2,1H3,(H,21,25). The number of para-hydroxylation sites is 1. The maximum absolute atomic E-state index is 5.57. The fraction of sp³-hybridized carbons (Fsp3) is 0.368. The molecule has 2 aromatic rings. The van der Waals surface area contributed by atoms with E-state index < -0.39 is 0 Å². The number of hydrogen-bond donors (Lipinski definition) is 1. The van der Waals surface area contributed by atoms with Gasteiger partial charge in [0.15, 0.2) is 5.11 Å². The van der Waals surface area contributed by atoms with Gasteiger partial charge in [0.1, 0.15) is 5.75 Å². The van der Waals surface area contributed by atoms with Gasteiger partial charge in [0, 0.05) is 57.2 Å². The number of pyridine rings is 1. The number of rotatable bonds is 5. The Morgan fingerprint density at radius 2 is 1.84 bits per heavy atom. The Morgan fingerprint density at radius 1 is 1.12 bits per heavy atom. The van der Waals surface area contributed by atoms with Crippen molar-refractivity contribution in [3.05, 3.63) is 59.9 Å². The number of piperazine rings is 1. The van der Waals surface area contributed by atoms with E-state index in [1.165, 1.54) is 5.56 Å². The molecule has 0 amide bonds. The van der Waals surface area contributed by atoms with Crippen molar-refractivity contribution in [2.45, 2.75) is 13.1 Å². The molecule has 6 heteroatoms. The van der Waals surface area contributed by atoms with Crippen molar-refractivity contribution in [2.75, 3.05) is 33.3 Å². The zero-order valence-corrected chi connectivity index (χ0v) is 15.3. The van der Waals surface area contributed by atoms with E-state index in [1.54, 1.807) is 7.11 Å². The monoisotopic (exact) mass is 356 g/mol. The van der Waals surface area contributed by atoms with Crippen LogP contribution in [0.2, 0.25) is 0 Å². The highest BCUT2D eigenvalue weighted by Gasteiger charge is 2.19. The third-order valence-electron chi connectivity index (χ3n) is 4.44. The van der Waals surface area contributed by atoms with Gasteiger partial charge in [-0.15, -0.1) is 0 Å². The van der Waals surface area contributed by atoms with Crippen molar-refractivity contribution in [1.82, 2.24) is 20.1 Å². The van der Waals surface area contributed by atoms with Crippen molar-refractivity contribution < 1.29 is 4.74 Å². The molecule has 0 atom stereocenters. The topological polar surface area (TPSA) is 40.6 Å². The summed E-state index contributed by atoms with van der Waals surface area (Å²) in [7, 11) is 1.69. The molecule has 1 aliphatic rings. The second kappa shape index (κ2) is 8.78. The molecule has 0 unspecified atom stereocenters. The first-order valence-electron chi connectivity index (χ1n) is 8.52. The van der Waals surface area contributed by atoms with Crippen molar-refractivity contribution in [3.63, 3.8) is 0 Å². The number of ether oxygens (including phenoxy) is 1. The zero-order valence-electron chi connectivity index (χ0n) is 14.5. The Morgan fingerprint density at radius 3 is 2.56 bits per heavy atom. The van der Waals surface area contributed by atoms with Crippen LogP contribution < -0.4 is 10.1 Å². The molecule has 1 aromatic carbocycles. The van der Waals surface area contributed by atoms with Gasteiger partial charge in [0.2, 0.25) is 0 Å². The molecule has 0 aliphatic carbocycles. The highest BCUT2D eigenvalue weighted by atomic mass is 32.1. The van der Waals surface area contributed by atoms with Crippen molar-refractivity contribution in [3.8, 4) is 5.75 Å². The second-order valence-corrected chi connectivity index (χ2v) is 6.48. The first-order valence-corrected chi connectivity index (χ1v) is 8.93. The predicted molar refractivity (Wildman–Crippen MR) is 104 cm³/mol. The summed E-state index contributed by atoms with van der Waals surface area (Å²) in [6.45, 7) is 5.57. The number of hydrogen-bond acceptors (Lipinski definition) is 4. The van der Waals surface area contributed by atoms with Crippen LogP contribution in [0.5, 0.6) is 5.75 Å². The van der Waals surface area contributed by atoms with E-state index in [1.807, 2.05) is 30.6 Å². The smallest absolute Gasteiger partial charge is 0.169 e. The van der Waals surface area contributed by atoms with E-state index in [0.717, 1.165) is 49.1 Å². The van der Waals surface area contributed by atoms with Gasteiger partial charge in [0.25, 0.3) is 0 Å². The van der Waals surface area contributed by atoms with E-state index in [4.69, 9.17) is 17.0 Å². The Balaban J connectivity index is 1.45. The minimum Gasteiger partial charge on any atom is -0.496 e. The van der Waals surface area contributed by atoms with Crippen molar-refractivity contribution in [2.24, 2.45) is 0 Å². The molecule has 1 saturated heterocycles. The maximum atomic E-state index is 5.57. The van der Waals surface area contributed by atoms with Gasteiger partial charge < -0.3 is 15.0 Å². The normalized spacial score (nSPS) is 15.0. The predicted octanol–water partition coefficient (Wildman–Crippen LogP) is 2.28. The summed E-state index contributed by atoms with van der Waals surface area (Å²) in [6, 6.07) is 12.2. The summed E-state index contributed by atoms with van der Waals surface area (Å²) < 4.78 is 5.39. The molecule has 25 heavy (non-hydrogen) atoms. The van der Waals surface area contributed by atoms with E-state index in [2.05, 4.69) is 38.3 Å². The lowest BCUT2D eigenvalue weighted by Crippen LogP contribution is -2.51. The fourth-order valence-electron chi connectivity index (χ4n) is 2.99. The Labute approximate surface area is 154 Å². The zero-order chi connectivity index (χ0) is 17.5. The lowest BCUT2D eigenvalue weighted by molar-refractivity contribution is 0.174. The highest BCUT2D eigenvalue weighted by Crippen LogP contribution is 2.17. The number of nitrogens with one attached hydrogen (secondary N) is 1. The molecule has 0 saturated carbocycles. The van der Waals surface area contributed by atoms with E-state index >= 15 is 0 Å². The van der Waals surface area contributed by atoms with Crippen LogP contribution in [-0.4, -0.2) is 53.2 Å². The van der Waals surface area contributed by atoms with Crippen LogP contribution in [0.1, 0.15) is 11.1 Å². The first-order chi connectivity index (χ1) is 12.3. The summed E-state index contributed by atoms with van der Waals surface area (Å²) >= 11 is 5.57. The summed E-state index contributed by atoms with van der Waals surface area (Å²) in [5.41, 5.74) is 2.42. The third kappa shape index (κ3) is 4.90. The number of methoxy groups -OCH3 is 1. The fourth-order valence-corrected chi connectivity index (χ4v) is 3.24. The van der Waals surface area contributed by atoms with Crippen LogP contribution in [0, 0.1) is 0 Å². The molecule has 0 radical (unpaired) electrons. The molecular weight excluding hydrogens is 332 g/mol. The Kier molecular flexibility index (Phi) is 6.19. The van der Waals surface area contributed by atoms with Crippen LogP contribution >= 0.6 is 12.2 Å². The molecule has 1 fully saturated rings. The number of nitrogens with zero attached hydrogens (tertiary/aromatic N) is 3. The molecule has 1 N–H and O–H groups in total. The molecule has 132 valence electrons. The first kappa shape index (κ1) is 17.6. The van der Waals surface area contributed by atoms with Gasteiger partial charge in [-0.1, -0.05) is 18.2 Å². The lowest BCUT2D eigenvalue weighted by atomic mass is 10.2. The van der Waals surface area contributed by atoms with Gasteiger partial charge >= 0.3 is 0 Å². The molecule has 3 rings (SSSR count). The molecule has 5 nitrogen and oxygen atoms in total. The van der Waals surface area contributed by atoms with Crippen LogP contribution in [0.15, 0.2) is 48.8 Å². The average Bonchev–Trinajstić information content (AvgIpc) is 2.67. The molecule has 0 bridgehead atoms. The van der Waals surface area contributed by atoms with Crippen LogP contribution in [-0.2, 0) is 13.1 Å². The maximum Gasteiger partial charge on any atom is 0.169 e. The average molecular weight is 356 g/mol. The van der Waals surface area contributed by atoms with Gasteiger partial charge in [-0.05, 0) is 36.0 Å². The van der Waals surface area contributed by atoms with Crippen LogP contribution in [0.4, 0.5) is 0 Å². The number of thiocarbonyl (C=S) groups is 1. The van der Waals surface area contributed by atoms with E-state index in [9.17, 15) is 0 Å². The minimum absolute atomic E-state index is 0.681. The summed E-state index contributed by atoms with van der Waals surface area (Å²) in [4.78, 5) is 8.77. The molecular formula is C19H24N4OS. The molecule has 2 heterocycles. The van der Waals surface area contributed by atoms with Crippen molar-refractivity contribution >= 4 is 17.3 Å². The Bertz CT molecular complexity index is 687. The molecule has 0 spiro atoms. The summed E-state index contributed by atoms with van der Waals surface area (Å²) in [5.74, 6) is 0.889. The Hall–Kier alpha value is -2.18. The van der Waals surface area contributed by atoms with Crippen molar-refractivity contribution in [1.29, 1.82) is 0 Å². The largest absolute Gasteiger partial charge is 0.496 e. The molecule has 1 aliphatic heterocycles. The van der Waals surface area contributed by atoms with Gasteiger partial charge in [0.05, 0.1) is 7.11 Å². The van der Waals surface area contributed by atoms with E-state index in [-0.39, 0.29) is 0 Å². The van der Waals surface area contributed by atoms with Gasteiger partial charge in [-0.3, -0.25) is 9.88 Å². The minimum atomic E-state index is 0.681. The number of benzene rings is 1. The van der Waals surface area contributed by atoms with Crippen LogP contribution in [0.3, 0.4) is 0 Å². The van der Waals surface area contributed by atoms with E-state index in [0.29, 0.717) is 6.54 Å². The SMILES string of the molecule is COc1ccccc1CNC(=S)N1CCN(Cc2ccncc2)CC1. The van der Waals surface area contributed by atoms with Crippen LogP contribution in [0.25, 0.3) is 0 Å². The lowest BCUT2D eigenvalue weighted by Gasteiger charge is -2.36. The summed E-state index contributed by atoms with van der Waals surface area (Å²) in [5, 5.41) is 4.17. The number of aromatic nitrogens is 1.